The number of carboxylic acid groups (broad SMARTS) is 1. The average Bonchev–Trinajstić information content (AvgIpc) is 3.00. The number of furan rings is 1. The highest BCUT2D eigenvalue weighted by Gasteiger charge is 2.38. The predicted molar refractivity (Wildman–Crippen MR) is 81.6 cm³/mol. The second kappa shape index (κ2) is 6.82. The number of aliphatic carboxylic acids is 1. The molecule has 1 aromatic carbocycles. The van der Waals surface area contributed by atoms with E-state index >= 15 is 0 Å². The van der Waals surface area contributed by atoms with Gasteiger partial charge in [0.05, 0.1) is 7.11 Å². The maximum Gasteiger partial charge on any atom is 0.420 e. The zero-order valence-electron chi connectivity index (χ0n) is 13.0. The standard InChI is InChI=1S/C17H15F3O4/c1-3-10(9-15(21)22)12-7-8-13(24-12)11-5-4-6-14(23-2)16(11)17(18,19)20/h4-9H,3H2,1-2H3,(H,21,22)/b10-9+. The minimum atomic E-state index is -4.63. The molecule has 0 aliphatic carbocycles. The number of methoxy groups -OCH3 is 1. The molecule has 0 radical (unpaired) electrons. The molecule has 4 nitrogen and oxygen atoms in total. The van der Waals surface area contributed by atoms with Crippen molar-refractivity contribution >= 4 is 11.5 Å². The Bertz CT molecular complexity index is 772. The van der Waals surface area contributed by atoms with Gasteiger partial charge < -0.3 is 14.3 Å². The maximum absolute atomic E-state index is 13.4. The van der Waals surface area contributed by atoms with E-state index in [1.807, 2.05) is 0 Å². The highest BCUT2D eigenvalue weighted by molar-refractivity contribution is 5.89. The molecule has 7 heteroatoms. The summed E-state index contributed by atoms with van der Waals surface area (Å²) in [6.07, 6.45) is -3.29. The van der Waals surface area contributed by atoms with E-state index in [0.717, 1.165) is 13.2 Å². The Kier molecular flexibility index (Phi) is 5.02. The largest absolute Gasteiger partial charge is 0.496 e. The fourth-order valence-corrected chi connectivity index (χ4v) is 2.35. The van der Waals surface area contributed by atoms with Crippen molar-refractivity contribution in [1.29, 1.82) is 0 Å². The van der Waals surface area contributed by atoms with Crippen LogP contribution in [0.1, 0.15) is 24.7 Å². The molecular formula is C17H15F3O4. The topological polar surface area (TPSA) is 59.7 Å². The molecule has 0 bridgehead atoms. The molecule has 0 aliphatic heterocycles. The predicted octanol–water partition coefficient (Wildman–Crippen LogP) is 4.85. The van der Waals surface area contributed by atoms with Gasteiger partial charge in [-0.1, -0.05) is 19.1 Å². The van der Waals surface area contributed by atoms with E-state index in [-0.39, 0.29) is 22.8 Å². The second-order valence-electron chi connectivity index (χ2n) is 4.91. The Hall–Kier alpha value is -2.70. The maximum atomic E-state index is 13.4. The quantitative estimate of drug-likeness (QED) is 0.790. The fourth-order valence-electron chi connectivity index (χ4n) is 2.35. The lowest BCUT2D eigenvalue weighted by Crippen LogP contribution is -2.09. The van der Waals surface area contributed by atoms with Crippen LogP contribution in [0.5, 0.6) is 5.75 Å². The molecule has 2 aromatic rings. The Morgan fingerprint density at radius 2 is 2.00 bits per heavy atom. The molecule has 1 N–H and O–H groups in total. The molecule has 2 rings (SSSR count). The van der Waals surface area contributed by atoms with E-state index in [4.69, 9.17) is 14.3 Å². The minimum Gasteiger partial charge on any atom is -0.496 e. The molecule has 0 atom stereocenters. The Balaban J connectivity index is 2.57. The highest BCUT2D eigenvalue weighted by Crippen LogP contribution is 2.43. The summed E-state index contributed by atoms with van der Waals surface area (Å²) in [5.41, 5.74) is -0.724. The van der Waals surface area contributed by atoms with Crippen molar-refractivity contribution in [3.8, 4) is 17.1 Å². The second-order valence-corrected chi connectivity index (χ2v) is 4.91. The monoisotopic (exact) mass is 340 g/mol. The number of allylic oxidation sites excluding steroid dienone is 1. The summed E-state index contributed by atoms with van der Waals surface area (Å²) in [6, 6.07) is 6.76. The first-order chi connectivity index (χ1) is 11.3. The van der Waals surface area contributed by atoms with Crippen molar-refractivity contribution in [1.82, 2.24) is 0 Å². The smallest absolute Gasteiger partial charge is 0.420 e. The zero-order valence-corrected chi connectivity index (χ0v) is 13.0. The van der Waals surface area contributed by atoms with Crippen molar-refractivity contribution in [3.05, 3.63) is 47.7 Å². The van der Waals surface area contributed by atoms with E-state index in [1.165, 1.54) is 30.3 Å². The van der Waals surface area contributed by atoms with Crippen molar-refractivity contribution in [3.63, 3.8) is 0 Å². The van der Waals surface area contributed by atoms with Crippen LogP contribution in [0, 0.1) is 0 Å². The van der Waals surface area contributed by atoms with E-state index in [9.17, 15) is 18.0 Å². The number of carbonyl (C=O) groups is 1. The number of hydrogen-bond acceptors (Lipinski definition) is 3. The summed E-state index contributed by atoms with van der Waals surface area (Å²) in [5, 5.41) is 8.84. The van der Waals surface area contributed by atoms with E-state index < -0.39 is 17.7 Å². The van der Waals surface area contributed by atoms with Crippen LogP contribution < -0.4 is 4.74 Å². The molecule has 0 aliphatic rings. The van der Waals surface area contributed by atoms with Gasteiger partial charge in [0.25, 0.3) is 0 Å². The number of carboxylic acids is 1. The van der Waals surface area contributed by atoms with Gasteiger partial charge in [-0.05, 0) is 24.6 Å². The zero-order chi connectivity index (χ0) is 17.9. The van der Waals surface area contributed by atoms with E-state index in [1.54, 1.807) is 6.92 Å². The van der Waals surface area contributed by atoms with Crippen LogP contribution in [-0.2, 0) is 11.0 Å². The summed E-state index contributed by atoms with van der Waals surface area (Å²) in [6.45, 7) is 1.73. The average molecular weight is 340 g/mol. The third kappa shape index (κ3) is 3.61. The summed E-state index contributed by atoms with van der Waals surface area (Å²) in [7, 11) is 1.16. The van der Waals surface area contributed by atoms with Gasteiger partial charge in [0.1, 0.15) is 22.8 Å². The van der Waals surface area contributed by atoms with Crippen LogP contribution in [0.4, 0.5) is 13.2 Å². The fraction of sp³-hybridized carbons (Fsp3) is 0.235. The molecule has 0 amide bonds. The molecule has 0 unspecified atom stereocenters. The minimum absolute atomic E-state index is 0.0130. The van der Waals surface area contributed by atoms with Gasteiger partial charge >= 0.3 is 12.1 Å². The molecule has 1 aromatic heterocycles. The first-order valence-corrected chi connectivity index (χ1v) is 7.06. The first-order valence-electron chi connectivity index (χ1n) is 7.06. The summed E-state index contributed by atoms with van der Waals surface area (Å²) in [5.74, 6) is -1.26. The van der Waals surface area contributed by atoms with Gasteiger partial charge in [0, 0.05) is 17.2 Å². The normalized spacial score (nSPS) is 12.3. The van der Waals surface area contributed by atoms with Gasteiger partial charge in [-0.3, -0.25) is 0 Å². The van der Waals surface area contributed by atoms with E-state index in [0.29, 0.717) is 12.0 Å². The van der Waals surface area contributed by atoms with Crippen molar-refractivity contribution in [2.45, 2.75) is 19.5 Å². The lowest BCUT2D eigenvalue weighted by molar-refractivity contribution is -0.138. The van der Waals surface area contributed by atoms with Crippen LogP contribution in [0.25, 0.3) is 16.9 Å². The number of hydrogen-bond donors (Lipinski definition) is 1. The molecule has 24 heavy (non-hydrogen) atoms. The Labute approximate surface area is 136 Å². The first kappa shape index (κ1) is 17.7. The number of halogens is 3. The Morgan fingerprint density at radius 3 is 2.54 bits per heavy atom. The van der Waals surface area contributed by atoms with Gasteiger partial charge in [-0.25, -0.2) is 4.79 Å². The van der Waals surface area contributed by atoms with Crippen molar-refractivity contribution < 1.29 is 32.2 Å². The van der Waals surface area contributed by atoms with Crippen LogP contribution in [0.15, 0.2) is 40.8 Å². The molecule has 0 saturated heterocycles. The van der Waals surface area contributed by atoms with Crippen molar-refractivity contribution in [2.24, 2.45) is 0 Å². The van der Waals surface area contributed by atoms with Crippen molar-refractivity contribution in [2.75, 3.05) is 7.11 Å². The number of alkyl halides is 3. The van der Waals surface area contributed by atoms with Crippen LogP contribution >= 0.6 is 0 Å². The third-order valence-corrected chi connectivity index (χ3v) is 3.40. The number of benzene rings is 1. The third-order valence-electron chi connectivity index (χ3n) is 3.40. The van der Waals surface area contributed by atoms with Gasteiger partial charge in [-0.2, -0.15) is 13.2 Å². The molecule has 1 heterocycles. The lowest BCUT2D eigenvalue weighted by atomic mass is 10.0. The highest BCUT2D eigenvalue weighted by atomic mass is 19.4. The Morgan fingerprint density at radius 1 is 1.29 bits per heavy atom. The molecule has 128 valence electrons. The van der Waals surface area contributed by atoms with Gasteiger partial charge in [-0.15, -0.1) is 0 Å². The van der Waals surface area contributed by atoms with Crippen LogP contribution in [-0.4, -0.2) is 18.2 Å². The summed E-state index contributed by atoms with van der Waals surface area (Å²) >= 11 is 0. The number of ether oxygens (including phenoxy) is 1. The van der Waals surface area contributed by atoms with Crippen LogP contribution in [0.2, 0.25) is 0 Å². The molecule has 0 spiro atoms. The molecular weight excluding hydrogens is 325 g/mol. The number of rotatable bonds is 5. The molecule has 0 fully saturated rings. The lowest BCUT2D eigenvalue weighted by Gasteiger charge is -2.15. The van der Waals surface area contributed by atoms with E-state index in [2.05, 4.69) is 0 Å². The van der Waals surface area contributed by atoms with Gasteiger partial charge in [0.15, 0.2) is 0 Å². The summed E-state index contributed by atoms with van der Waals surface area (Å²) in [4.78, 5) is 10.8. The SMILES string of the molecule is CC/C(=C\C(=O)O)c1ccc(-c2cccc(OC)c2C(F)(F)F)o1. The van der Waals surface area contributed by atoms with Crippen LogP contribution in [0.3, 0.4) is 0 Å². The van der Waals surface area contributed by atoms with Gasteiger partial charge in [0.2, 0.25) is 0 Å². The molecule has 0 saturated carbocycles. The summed E-state index contributed by atoms with van der Waals surface area (Å²) < 4.78 is 50.4.